The van der Waals surface area contributed by atoms with Crippen molar-refractivity contribution in [1.29, 1.82) is 0 Å². The van der Waals surface area contributed by atoms with Crippen molar-refractivity contribution >= 4 is 17.9 Å². The molecular formula is C13H16NNaO6. The van der Waals surface area contributed by atoms with E-state index in [9.17, 15) is 19.5 Å². The molecular weight excluding hydrogens is 289 g/mol. The number of carbonyl (C=O) groups is 3. The second kappa shape index (κ2) is 8.21. The second-order valence-electron chi connectivity index (χ2n) is 4.59. The number of nitrogens with one attached hydrogen (secondary N) is 1. The number of hydrogen-bond acceptors (Lipinski definition) is 7. The molecule has 0 aromatic rings. The van der Waals surface area contributed by atoms with Crippen LogP contribution in [0.25, 0.3) is 0 Å². The van der Waals surface area contributed by atoms with Crippen LogP contribution in [0.3, 0.4) is 0 Å². The normalized spacial score (nSPS) is 13.9. The number of carbonyl (C=O) groups excluding carboxylic acids is 3. The van der Waals surface area contributed by atoms with E-state index in [1.54, 1.807) is 6.92 Å². The summed E-state index contributed by atoms with van der Waals surface area (Å²) in [5.74, 6) is -2.88. The van der Waals surface area contributed by atoms with E-state index in [0.717, 1.165) is 0 Å². The fourth-order valence-electron chi connectivity index (χ4n) is 1.38. The van der Waals surface area contributed by atoms with Crippen LogP contribution in [0.4, 0.5) is 0 Å². The van der Waals surface area contributed by atoms with Gasteiger partial charge in [0, 0.05) is 18.8 Å². The maximum atomic E-state index is 11.8. The zero-order valence-corrected chi connectivity index (χ0v) is 14.5. The molecule has 0 spiro atoms. The Morgan fingerprint density at radius 1 is 1.24 bits per heavy atom. The largest absolute Gasteiger partial charge is 1.00 e. The predicted molar refractivity (Wildman–Crippen MR) is 65.7 cm³/mol. The molecule has 0 unspecified atom stereocenters. The Morgan fingerprint density at radius 3 is 2.24 bits per heavy atom. The molecule has 1 aliphatic rings. The van der Waals surface area contributed by atoms with Crippen molar-refractivity contribution in [3.8, 4) is 0 Å². The van der Waals surface area contributed by atoms with Gasteiger partial charge in [0.2, 0.25) is 0 Å². The first-order valence-corrected chi connectivity index (χ1v) is 6.04. The molecule has 0 saturated carbocycles. The minimum Gasteiger partial charge on any atom is -0.546 e. The summed E-state index contributed by atoms with van der Waals surface area (Å²) in [6.07, 6.45) is 2.77. The number of carboxylic acid groups (broad SMARTS) is 1. The van der Waals surface area contributed by atoms with Crippen LogP contribution < -0.4 is 40.0 Å². The molecule has 21 heavy (non-hydrogen) atoms. The smallest absolute Gasteiger partial charge is 0.546 e. The number of rotatable bonds is 5. The van der Waals surface area contributed by atoms with Crippen LogP contribution in [-0.2, 0) is 23.9 Å². The van der Waals surface area contributed by atoms with Gasteiger partial charge in [-0.2, -0.15) is 0 Å². The van der Waals surface area contributed by atoms with Gasteiger partial charge >= 0.3 is 41.5 Å². The van der Waals surface area contributed by atoms with Crippen molar-refractivity contribution < 1.29 is 58.5 Å². The summed E-state index contributed by atoms with van der Waals surface area (Å²) in [5.41, 5.74) is -1.36. The summed E-state index contributed by atoms with van der Waals surface area (Å²) in [6, 6.07) is 0. The monoisotopic (exact) mass is 305 g/mol. The van der Waals surface area contributed by atoms with E-state index in [4.69, 9.17) is 9.47 Å². The van der Waals surface area contributed by atoms with Crippen LogP contribution in [-0.4, -0.2) is 30.1 Å². The second-order valence-corrected chi connectivity index (χ2v) is 4.59. The number of dihydropyridines is 1. The standard InChI is InChI=1S/C13H17NO6.Na/c1-4-19-10(15)8-5-9(7-14-6-8)11(16)20-13(2,3)12(17)18;/h6-7,14H,4-5H2,1-3H3,(H,17,18);/q;+1/p-1. The summed E-state index contributed by atoms with van der Waals surface area (Å²) in [5, 5.41) is 13.4. The van der Waals surface area contributed by atoms with Crippen molar-refractivity contribution in [2.24, 2.45) is 0 Å². The Bertz CT molecular complexity index is 495. The molecule has 0 radical (unpaired) electrons. The van der Waals surface area contributed by atoms with Crippen molar-refractivity contribution in [3.63, 3.8) is 0 Å². The zero-order chi connectivity index (χ0) is 15.3. The van der Waals surface area contributed by atoms with Crippen LogP contribution in [0.5, 0.6) is 0 Å². The minimum atomic E-state index is -1.75. The summed E-state index contributed by atoms with van der Waals surface area (Å²) in [4.78, 5) is 34.2. The molecule has 0 atom stereocenters. The Balaban J connectivity index is 0.00000400. The van der Waals surface area contributed by atoms with E-state index in [-0.39, 0.29) is 53.7 Å². The summed E-state index contributed by atoms with van der Waals surface area (Å²) < 4.78 is 9.66. The van der Waals surface area contributed by atoms with Gasteiger partial charge < -0.3 is 24.7 Å². The third-order valence-corrected chi connectivity index (χ3v) is 2.54. The van der Waals surface area contributed by atoms with Crippen molar-refractivity contribution in [2.45, 2.75) is 32.8 Å². The Labute approximate surface area is 144 Å². The first-order chi connectivity index (χ1) is 9.27. The van der Waals surface area contributed by atoms with Gasteiger partial charge in [-0.1, -0.05) is 0 Å². The van der Waals surface area contributed by atoms with Crippen LogP contribution in [0, 0.1) is 0 Å². The molecule has 1 N–H and O–H groups in total. The average Bonchev–Trinajstić information content (AvgIpc) is 2.38. The van der Waals surface area contributed by atoms with E-state index in [1.165, 1.54) is 26.2 Å². The number of ether oxygens (including phenoxy) is 2. The third-order valence-electron chi connectivity index (χ3n) is 2.54. The van der Waals surface area contributed by atoms with Crippen LogP contribution in [0.2, 0.25) is 0 Å². The average molecular weight is 305 g/mol. The molecule has 0 aromatic heterocycles. The van der Waals surface area contributed by atoms with Crippen LogP contribution >= 0.6 is 0 Å². The van der Waals surface area contributed by atoms with Gasteiger partial charge in [-0.25, -0.2) is 9.59 Å². The van der Waals surface area contributed by atoms with Crippen molar-refractivity contribution in [3.05, 3.63) is 23.5 Å². The Kier molecular flexibility index (Phi) is 7.70. The number of esters is 2. The maximum absolute atomic E-state index is 11.8. The minimum absolute atomic E-state index is 0. The van der Waals surface area contributed by atoms with Gasteiger partial charge in [0.15, 0.2) is 0 Å². The first-order valence-electron chi connectivity index (χ1n) is 6.04. The van der Waals surface area contributed by atoms with E-state index in [0.29, 0.717) is 0 Å². The van der Waals surface area contributed by atoms with E-state index >= 15 is 0 Å². The van der Waals surface area contributed by atoms with Gasteiger partial charge in [-0.05, 0) is 20.8 Å². The molecule has 0 saturated heterocycles. The summed E-state index contributed by atoms with van der Waals surface area (Å²) >= 11 is 0. The number of aliphatic carboxylic acids is 1. The SMILES string of the molecule is CCOC(=O)C1=CNC=C(C(=O)OC(C)(C)C(=O)[O-])C1.[Na+]. The van der Waals surface area contributed by atoms with Gasteiger partial charge in [0.1, 0.15) is 5.60 Å². The predicted octanol–water partition coefficient (Wildman–Crippen LogP) is -3.61. The molecule has 1 rings (SSSR count). The molecule has 8 heteroatoms. The summed E-state index contributed by atoms with van der Waals surface area (Å²) in [7, 11) is 0. The van der Waals surface area contributed by atoms with Gasteiger partial charge in [0.05, 0.1) is 23.7 Å². The quantitative estimate of drug-likeness (QED) is 0.413. The van der Waals surface area contributed by atoms with Crippen LogP contribution in [0.15, 0.2) is 23.5 Å². The molecule has 1 aliphatic heterocycles. The number of carboxylic acids is 1. The molecule has 0 aromatic carbocycles. The van der Waals surface area contributed by atoms with Crippen LogP contribution in [0.1, 0.15) is 27.2 Å². The Hall–Kier alpha value is -1.31. The van der Waals surface area contributed by atoms with E-state index < -0.39 is 23.5 Å². The third kappa shape index (κ3) is 5.53. The van der Waals surface area contributed by atoms with Gasteiger partial charge in [0.25, 0.3) is 0 Å². The maximum Gasteiger partial charge on any atom is 1.00 e. The molecule has 110 valence electrons. The molecule has 7 nitrogen and oxygen atoms in total. The molecule has 1 heterocycles. The number of hydrogen-bond donors (Lipinski definition) is 1. The van der Waals surface area contributed by atoms with Gasteiger partial charge in [-0.3, -0.25) is 0 Å². The zero-order valence-electron chi connectivity index (χ0n) is 12.5. The van der Waals surface area contributed by atoms with Gasteiger partial charge in [-0.15, -0.1) is 0 Å². The molecule has 0 aliphatic carbocycles. The van der Waals surface area contributed by atoms with E-state index in [2.05, 4.69) is 5.32 Å². The first kappa shape index (κ1) is 19.7. The van der Waals surface area contributed by atoms with Crippen molar-refractivity contribution in [2.75, 3.05) is 6.61 Å². The fourth-order valence-corrected chi connectivity index (χ4v) is 1.38. The molecule has 0 fully saturated rings. The van der Waals surface area contributed by atoms with Crippen molar-refractivity contribution in [1.82, 2.24) is 5.32 Å². The fraction of sp³-hybridized carbons (Fsp3) is 0.462. The topological polar surface area (TPSA) is 105 Å². The summed E-state index contributed by atoms with van der Waals surface area (Å²) in [6.45, 7) is 4.30. The molecule has 0 bridgehead atoms. The molecule has 0 amide bonds. The van der Waals surface area contributed by atoms with E-state index in [1.807, 2.05) is 0 Å². The Morgan fingerprint density at radius 2 is 1.76 bits per heavy atom.